The van der Waals surface area contributed by atoms with Crippen molar-refractivity contribution in [3.05, 3.63) is 120 Å². The number of nitrogens with zero attached hydrogens (tertiary/aromatic N) is 1. The van der Waals surface area contributed by atoms with E-state index in [9.17, 15) is 14.4 Å². The van der Waals surface area contributed by atoms with Gasteiger partial charge in [0.1, 0.15) is 23.4 Å². The number of carbonyl (C=O) groups excluding carboxylic acids is 3. The predicted molar refractivity (Wildman–Crippen MR) is 174 cm³/mol. The molecule has 4 heterocycles. The third-order valence-corrected chi connectivity index (χ3v) is 8.67. The third-order valence-electron chi connectivity index (χ3n) is 8.67. The van der Waals surface area contributed by atoms with Crippen molar-refractivity contribution in [2.75, 3.05) is 19.7 Å². The monoisotopic (exact) mass is 632 g/mol. The molecule has 1 saturated heterocycles. The van der Waals surface area contributed by atoms with Gasteiger partial charge >= 0.3 is 0 Å². The van der Waals surface area contributed by atoms with E-state index in [1.165, 1.54) is 12.1 Å². The first-order valence-corrected chi connectivity index (χ1v) is 15.6. The Hall–Kier alpha value is -5.64. The van der Waals surface area contributed by atoms with E-state index >= 15 is 4.39 Å². The zero-order chi connectivity index (χ0) is 32.3. The Balaban J connectivity index is 1.15. The molecule has 238 valence electrons. The summed E-state index contributed by atoms with van der Waals surface area (Å²) in [6, 6.07) is 26.0. The Kier molecular flexibility index (Phi) is 8.31. The normalized spacial score (nSPS) is 18.1. The number of likely N-dealkylation sites (tertiary alicyclic amines) is 1. The number of fused-ring (bicyclic) bond motifs is 8. The number of hydrogen-bond donors (Lipinski definition) is 3. The number of halogens is 1. The lowest BCUT2D eigenvalue weighted by molar-refractivity contribution is -0.130. The zero-order valence-corrected chi connectivity index (χ0v) is 25.5. The average Bonchev–Trinajstić information content (AvgIpc) is 3.69. The molecule has 2 atom stereocenters. The molecule has 8 rings (SSSR count). The summed E-state index contributed by atoms with van der Waals surface area (Å²) in [5, 5.41) is 6.89. The van der Waals surface area contributed by atoms with Crippen LogP contribution in [0.3, 0.4) is 0 Å². The molecule has 10 heteroatoms. The van der Waals surface area contributed by atoms with Crippen LogP contribution in [0.25, 0.3) is 22.0 Å². The van der Waals surface area contributed by atoms with Crippen molar-refractivity contribution < 1.29 is 28.2 Å². The summed E-state index contributed by atoms with van der Waals surface area (Å²) >= 11 is 0. The highest BCUT2D eigenvalue weighted by atomic mass is 19.1. The number of amides is 3. The van der Waals surface area contributed by atoms with Gasteiger partial charge in [0, 0.05) is 36.6 Å². The highest BCUT2D eigenvalue weighted by molar-refractivity contribution is 5.96. The Labute approximate surface area is 270 Å². The molecule has 3 N–H and O–H groups in total. The smallest absolute Gasteiger partial charge is 0.258 e. The molecular weight excluding hydrogens is 599 g/mol. The number of nitrogens with one attached hydrogen (secondary N) is 3. The van der Waals surface area contributed by atoms with Crippen LogP contribution in [0.4, 0.5) is 4.39 Å². The maximum Gasteiger partial charge on any atom is 0.258 e. The summed E-state index contributed by atoms with van der Waals surface area (Å²) in [5.74, 6) is -0.615. The van der Waals surface area contributed by atoms with Crippen molar-refractivity contribution >= 4 is 28.6 Å². The second-order valence-corrected chi connectivity index (χ2v) is 11.8. The van der Waals surface area contributed by atoms with Gasteiger partial charge in [0.25, 0.3) is 11.8 Å². The molecule has 0 spiro atoms. The van der Waals surface area contributed by atoms with Crippen LogP contribution in [0.2, 0.25) is 0 Å². The maximum atomic E-state index is 15.1. The molecule has 9 nitrogen and oxygen atoms in total. The molecule has 0 aliphatic carbocycles. The van der Waals surface area contributed by atoms with Crippen LogP contribution >= 0.6 is 0 Å². The molecule has 1 fully saturated rings. The van der Waals surface area contributed by atoms with E-state index in [1.54, 1.807) is 41.3 Å². The van der Waals surface area contributed by atoms with E-state index < -0.39 is 23.9 Å². The molecule has 3 aliphatic heterocycles. The minimum Gasteiger partial charge on any atom is -0.486 e. The van der Waals surface area contributed by atoms with E-state index in [-0.39, 0.29) is 43.5 Å². The first kappa shape index (κ1) is 30.0. The zero-order valence-electron chi connectivity index (χ0n) is 25.5. The number of benzene rings is 4. The number of H-pyrrole nitrogens is 1. The molecule has 3 aliphatic rings. The van der Waals surface area contributed by atoms with E-state index in [4.69, 9.17) is 9.47 Å². The van der Waals surface area contributed by atoms with Crippen molar-refractivity contribution in [1.29, 1.82) is 0 Å². The number of aromatic nitrogens is 1. The second-order valence-electron chi connectivity index (χ2n) is 11.8. The van der Waals surface area contributed by atoms with Crippen LogP contribution in [-0.4, -0.2) is 59.4 Å². The predicted octanol–water partition coefficient (Wildman–Crippen LogP) is 5.00. The van der Waals surface area contributed by atoms with Gasteiger partial charge in [-0.1, -0.05) is 48.5 Å². The van der Waals surface area contributed by atoms with Crippen LogP contribution in [0.1, 0.15) is 27.9 Å². The number of ether oxygens (including phenoxy) is 2. The highest BCUT2D eigenvalue weighted by Gasteiger charge is 2.38. The lowest BCUT2D eigenvalue weighted by Gasteiger charge is -2.21. The van der Waals surface area contributed by atoms with E-state index in [0.717, 1.165) is 22.0 Å². The van der Waals surface area contributed by atoms with Crippen LogP contribution < -0.4 is 20.1 Å². The summed E-state index contributed by atoms with van der Waals surface area (Å²) < 4.78 is 27.1. The van der Waals surface area contributed by atoms with Gasteiger partial charge in [0.15, 0.2) is 6.61 Å². The van der Waals surface area contributed by atoms with Crippen LogP contribution in [0.15, 0.2) is 97.2 Å². The van der Waals surface area contributed by atoms with Gasteiger partial charge in [-0.15, -0.1) is 0 Å². The summed E-state index contributed by atoms with van der Waals surface area (Å²) in [4.78, 5) is 44.5. The highest BCUT2D eigenvalue weighted by Crippen LogP contribution is 2.27. The van der Waals surface area contributed by atoms with Gasteiger partial charge in [-0.2, -0.15) is 0 Å². The first-order valence-electron chi connectivity index (χ1n) is 15.6. The third kappa shape index (κ3) is 6.67. The quantitative estimate of drug-likeness (QED) is 0.259. The molecule has 0 saturated carbocycles. The average molecular weight is 633 g/mol. The fourth-order valence-electron chi connectivity index (χ4n) is 6.13. The van der Waals surface area contributed by atoms with Gasteiger partial charge in [-0.25, -0.2) is 4.39 Å². The van der Waals surface area contributed by atoms with E-state index in [0.29, 0.717) is 35.6 Å². The summed E-state index contributed by atoms with van der Waals surface area (Å²) in [5.41, 5.74) is 4.11. The SMILES string of the molecule is O=C1COc2cccc(c2)-c2ccc(F)c(c2)C(=O)N[C@H]2CN(C(=O)CCc3c[nH]c4ccccc34)C[C@@H]2Oc2ccc(cc2)CN1. The number of carbonyl (C=O) groups is 3. The Morgan fingerprint density at radius 2 is 1.72 bits per heavy atom. The lowest BCUT2D eigenvalue weighted by Crippen LogP contribution is -2.45. The Morgan fingerprint density at radius 3 is 2.60 bits per heavy atom. The number of para-hydroxylation sites is 1. The standard InChI is InChI=1S/C37H33FN4O5/c38-31-14-10-25-17-30(31)37(45)41-33-20-42(36(44)15-11-26-19-39-32-7-2-1-6-29(26)32)21-34(33)47-27-12-8-23(9-13-27)18-40-35(43)22-46-28-5-3-4-24(25)16-28/h1-10,12-14,16-17,19,33-34,39H,11,15,18,20-22H2,(H,40,43)(H,41,45)/t33-,34-/m0/s1. The van der Waals surface area contributed by atoms with Crippen molar-refractivity contribution in [2.45, 2.75) is 31.5 Å². The molecule has 4 aromatic carbocycles. The number of aromatic amines is 1. The summed E-state index contributed by atoms with van der Waals surface area (Å²) in [7, 11) is 0. The molecule has 0 unspecified atom stereocenters. The molecule has 1 aromatic heterocycles. The van der Waals surface area contributed by atoms with Gasteiger partial charge in [-0.05, 0) is 71.1 Å². The Morgan fingerprint density at radius 1 is 0.894 bits per heavy atom. The van der Waals surface area contributed by atoms with E-state index in [1.807, 2.05) is 48.7 Å². The topological polar surface area (TPSA) is 113 Å². The lowest BCUT2D eigenvalue weighted by atomic mass is 10.0. The first-order chi connectivity index (χ1) is 22.9. The number of aryl methyl sites for hydroxylation is 1. The molecule has 47 heavy (non-hydrogen) atoms. The maximum absolute atomic E-state index is 15.1. The second kappa shape index (κ2) is 13.0. The van der Waals surface area contributed by atoms with Crippen molar-refractivity contribution in [2.24, 2.45) is 0 Å². The molecule has 3 amide bonds. The minimum atomic E-state index is -0.671. The molecule has 6 bridgehead atoms. The molecular formula is C37H33FN4O5. The van der Waals surface area contributed by atoms with Gasteiger partial charge in [-0.3, -0.25) is 14.4 Å². The van der Waals surface area contributed by atoms with Crippen molar-refractivity contribution in [3.8, 4) is 22.6 Å². The molecule has 5 aromatic rings. The fourth-order valence-corrected chi connectivity index (χ4v) is 6.13. The fraction of sp³-hybridized carbons (Fsp3) is 0.216. The summed E-state index contributed by atoms with van der Waals surface area (Å²) in [6.07, 6.45) is 2.20. The van der Waals surface area contributed by atoms with Crippen molar-refractivity contribution in [1.82, 2.24) is 20.5 Å². The minimum absolute atomic E-state index is 0.0625. The van der Waals surface area contributed by atoms with E-state index in [2.05, 4.69) is 15.6 Å². The number of rotatable bonds is 3. The van der Waals surface area contributed by atoms with Gasteiger partial charge < -0.3 is 30.0 Å². The van der Waals surface area contributed by atoms with Crippen LogP contribution in [0.5, 0.6) is 11.5 Å². The molecule has 0 radical (unpaired) electrons. The van der Waals surface area contributed by atoms with Gasteiger partial charge in [0.05, 0.1) is 18.2 Å². The Bertz CT molecular complexity index is 1960. The van der Waals surface area contributed by atoms with Crippen LogP contribution in [0, 0.1) is 5.82 Å². The number of hydrogen-bond acceptors (Lipinski definition) is 5. The van der Waals surface area contributed by atoms with Crippen molar-refractivity contribution in [3.63, 3.8) is 0 Å². The van der Waals surface area contributed by atoms with Crippen LogP contribution in [-0.2, 0) is 22.6 Å². The summed E-state index contributed by atoms with van der Waals surface area (Å²) in [6.45, 7) is 0.599. The van der Waals surface area contributed by atoms with Gasteiger partial charge in [0.2, 0.25) is 5.91 Å². The largest absolute Gasteiger partial charge is 0.486 e.